The summed E-state index contributed by atoms with van der Waals surface area (Å²) >= 11 is 0. The Kier molecular flexibility index (Phi) is 3.03. The van der Waals surface area contributed by atoms with Crippen molar-refractivity contribution in [1.29, 1.82) is 0 Å². The molecule has 0 unspecified atom stereocenters. The van der Waals surface area contributed by atoms with Crippen LogP contribution in [0.15, 0.2) is 18.2 Å². The van der Waals surface area contributed by atoms with Crippen molar-refractivity contribution in [2.45, 2.75) is 27.7 Å². The largest absolute Gasteiger partial charge is 0.504 e. The summed E-state index contributed by atoms with van der Waals surface area (Å²) in [5, 5.41) is 9.63. The van der Waals surface area contributed by atoms with Crippen molar-refractivity contribution < 1.29 is 14.6 Å². The van der Waals surface area contributed by atoms with Crippen molar-refractivity contribution in [3.8, 4) is 11.5 Å². The van der Waals surface area contributed by atoms with E-state index >= 15 is 0 Å². The van der Waals surface area contributed by atoms with Crippen LogP contribution in [-0.2, 0) is 4.79 Å². The number of phenols is 1. The van der Waals surface area contributed by atoms with Crippen LogP contribution in [0, 0.1) is 12.3 Å². The maximum atomic E-state index is 11.6. The number of carbonyl (C=O) groups excluding carboxylic acids is 1. The Morgan fingerprint density at radius 3 is 2.47 bits per heavy atom. The molecule has 0 heterocycles. The van der Waals surface area contributed by atoms with Crippen LogP contribution in [0.4, 0.5) is 0 Å². The molecule has 0 aromatic heterocycles. The third-order valence-electron chi connectivity index (χ3n) is 2.02. The fourth-order valence-electron chi connectivity index (χ4n) is 0.967. The smallest absolute Gasteiger partial charge is 0.316 e. The van der Waals surface area contributed by atoms with Crippen LogP contribution < -0.4 is 4.74 Å². The van der Waals surface area contributed by atoms with Crippen LogP contribution in [0.2, 0.25) is 0 Å². The normalized spacial score (nSPS) is 11.2. The van der Waals surface area contributed by atoms with Gasteiger partial charge in [0.2, 0.25) is 0 Å². The van der Waals surface area contributed by atoms with Gasteiger partial charge in [-0.1, -0.05) is 12.1 Å². The highest BCUT2D eigenvalue weighted by Gasteiger charge is 2.24. The second-order valence-electron chi connectivity index (χ2n) is 4.56. The number of esters is 1. The highest BCUT2D eigenvalue weighted by Crippen LogP contribution is 2.30. The molecule has 0 aliphatic heterocycles. The van der Waals surface area contributed by atoms with Crippen LogP contribution in [0.5, 0.6) is 11.5 Å². The summed E-state index contributed by atoms with van der Waals surface area (Å²) in [6.45, 7) is 7.05. The number of rotatable bonds is 1. The Morgan fingerprint density at radius 2 is 1.93 bits per heavy atom. The lowest BCUT2D eigenvalue weighted by Crippen LogP contribution is -2.25. The molecular formula is C12H16O3. The Balaban J connectivity index is 2.91. The lowest BCUT2D eigenvalue weighted by molar-refractivity contribution is -0.143. The topological polar surface area (TPSA) is 46.5 Å². The molecular weight excluding hydrogens is 192 g/mol. The molecule has 1 rings (SSSR count). The Hall–Kier alpha value is -1.51. The van der Waals surface area contributed by atoms with Gasteiger partial charge >= 0.3 is 5.97 Å². The molecule has 3 nitrogen and oxygen atoms in total. The minimum Gasteiger partial charge on any atom is -0.504 e. The summed E-state index contributed by atoms with van der Waals surface area (Å²) in [5.74, 6) is -0.117. The van der Waals surface area contributed by atoms with Gasteiger partial charge in [0, 0.05) is 0 Å². The first-order valence-corrected chi connectivity index (χ1v) is 4.83. The van der Waals surface area contributed by atoms with E-state index in [1.807, 2.05) is 0 Å². The summed E-state index contributed by atoms with van der Waals surface area (Å²) in [6.07, 6.45) is 0. The van der Waals surface area contributed by atoms with Crippen LogP contribution in [0.25, 0.3) is 0 Å². The van der Waals surface area contributed by atoms with Crippen molar-refractivity contribution in [1.82, 2.24) is 0 Å². The zero-order chi connectivity index (χ0) is 11.6. The van der Waals surface area contributed by atoms with Gasteiger partial charge in [-0.3, -0.25) is 4.79 Å². The Morgan fingerprint density at radius 1 is 1.33 bits per heavy atom. The number of carbonyl (C=O) groups is 1. The lowest BCUT2D eigenvalue weighted by Gasteiger charge is -2.17. The number of aryl methyl sites for hydroxylation is 1. The lowest BCUT2D eigenvalue weighted by atomic mass is 9.97. The Bertz CT molecular complexity index is 375. The van der Waals surface area contributed by atoms with Gasteiger partial charge in [0.1, 0.15) is 0 Å². The summed E-state index contributed by atoms with van der Waals surface area (Å²) in [4.78, 5) is 11.6. The molecule has 1 aromatic rings. The molecule has 0 radical (unpaired) electrons. The summed E-state index contributed by atoms with van der Waals surface area (Å²) in [7, 11) is 0. The van der Waals surface area contributed by atoms with Crippen molar-refractivity contribution in [2.75, 3.05) is 0 Å². The first-order chi connectivity index (χ1) is 6.82. The zero-order valence-corrected chi connectivity index (χ0v) is 9.50. The second-order valence-corrected chi connectivity index (χ2v) is 4.56. The number of ether oxygens (including phenoxy) is 1. The highest BCUT2D eigenvalue weighted by atomic mass is 16.5. The number of hydrogen-bond acceptors (Lipinski definition) is 3. The molecule has 0 atom stereocenters. The third kappa shape index (κ3) is 2.72. The van der Waals surface area contributed by atoms with E-state index in [0.717, 1.165) is 0 Å². The van der Waals surface area contributed by atoms with Crippen molar-refractivity contribution in [2.24, 2.45) is 5.41 Å². The highest BCUT2D eigenvalue weighted by molar-refractivity contribution is 5.78. The zero-order valence-electron chi connectivity index (χ0n) is 9.50. The summed E-state index contributed by atoms with van der Waals surface area (Å²) in [5.41, 5.74) is 0.116. The number of benzene rings is 1. The molecule has 0 fully saturated rings. The summed E-state index contributed by atoms with van der Waals surface area (Å²) in [6, 6.07) is 5.07. The quantitative estimate of drug-likeness (QED) is 0.570. The van der Waals surface area contributed by atoms with Gasteiger partial charge < -0.3 is 9.84 Å². The monoisotopic (exact) mass is 208 g/mol. The first-order valence-electron chi connectivity index (χ1n) is 4.83. The molecule has 82 valence electrons. The minimum absolute atomic E-state index is 0.0232. The van der Waals surface area contributed by atoms with Gasteiger partial charge in [0.25, 0.3) is 0 Å². The molecule has 0 aliphatic carbocycles. The van der Waals surface area contributed by atoms with Gasteiger partial charge in [-0.15, -0.1) is 0 Å². The van der Waals surface area contributed by atoms with Gasteiger partial charge in [-0.2, -0.15) is 0 Å². The average molecular weight is 208 g/mol. The fraction of sp³-hybridized carbons (Fsp3) is 0.417. The molecule has 0 spiro atoms. The summed E-state index contributed by atoms with van der Waals surface area (Å²) < 4.78 is 5.10. The van der Waals surface area contributed by atoms with E-state index < -0.39 is 5.41 Å². The van der Waals surface area contributed by atoms with E-state index in [0.29, 0.717) is 5.56 Å². The van der Waals surface area contributed by atoms with Crippen LogP contribution >= 0.6 is 0 Å². The van der Waals surface area contributed by atoms with E-state index in [-0.39, 0.29) is 17.5 Å². The van der Waals surface area contributed by atoms with E-state index in [9.17, 15) is 9.90 Å². The van der Waals surface area contributed by atoms with E-state index in [4.69, 9.17) is 4.74 Å². The van der Waals surface area contributed by atoms with Gasteiger partial charge in [-0.25, -0.2) is 0 Å². The molecule has 1 N–H and O–H groups in total. The van der Waals surface area contributed by atoms with E-state index in [1.54, 1.807) is 45.9 Å². The number of aromatic hydroxyl groups is 1. The van der Waals surface area contributed by atoms with Crippen LogP contribution in [0.3, 0.4) is 0 Å². The number of hydrogen-bond donors (Lipinski definition) is 1. The standard InChI is InChI=1S/C12H16O3/c1-8-6-5-7-9(10(8)13)15-11(14)12(2,3)4/h5-7,13H,1-4H3. The van der Waals surface area contributed by atoms with Crippen LogP contribution in [0.1, 0.15) is 26.3 Å². The number of phenolic OH excluding ortho intramolecular Hbond substituents is 1. The molecule has 0 bridgehead atoms. The molecule has 1 aromatic carbocycles. The van der Waals surface area contributed by atoms with Crippen molar-refractivity contribution in [3.05, 3.63) is 23.8 Å². The van der Waals surface area contributed by atoms with Crippen molar-refractivity contribution in [3.63, 3.8) is 0 Å². The SMILES string of the molecule is Cc1cccc(OC(=O)C(C)(C)C)c1O. The maximum Gasteiger partial charge on any atom is 0.316 e. The predicted octanol–water partition coefficient (Wildman–Crippen LogP) is 2.65. The molecule has 0 aliphatic rings. The molecule has 3 heteroatoms. The van der Waals surface area contributed by atoms with Gasteiger partial charge in [-0.05, 0) is 39.3 Å². The number of para-hydroxylation sites is 1. The molecule has 0 saturated carbocycles. The molecule has 0 saturated heterocycles. The minimum atomic E-state index is -0.573. The van der Waals surface area contributed by atoms with Crippen molar-refractivity contribution >= 4 is 5.97 Å². The second kappa shape index (κ2) is 3.93. The maximum absolute atomic E-state index is 11.6. The Labute approximate surface area is 89.7 Å². The third-order valence-corrected chi connectivity index (χ3v) is 2.02. The van der Waals surface area contributed by atoms with Crippen LogP contribution in [-0.4, -0.2) is 11.1 Å². The molecule has 15 heavy (non-hydrogen) atoms. The molecule has 0 amide bonds. The average Bonchev–Trinajstić information content (AvgIpc) is 2.11. The van der Waals surface area contributed by atoms with Gasteiger partial charge in [0.05, 0.1) is 5.41 Å². The predicted molar refractivity (Wildman–Crippen MR) is 57.9 cm³/mol. The fourth-order valence-corrected chi connectivity index (χ4v) is 0.967. The van der Waals surface area contributed by atoms with Gasteiger partial charge in [0.15, 0.2) is 11.5 Å². The van der Waals surface area contributed by atoms with E-state index in [2.05, 4.69) is 0 Å². The first kappa shape index (κ1) is 11.6. The van der Waals surface area contributed by atoms with E-state index in [1.165, 1.54) is 0 Å².